The Morgan fingerprint density at radius 3 is 1.54 bits per heavy atom. The van der Waals surface area contributed by atoms with Gasteiger partial charge in [-0.15, -0.1) is 24.8 Å². The van der Waals surface area contributed by atoms with Crippen LogP contribution in [0.2, 0.25) is 0 Å². The summed E-state index contributed by atoms with van der Waals surface area (Å²) < 4.78 is 11.9. The Hall–Kier alpha value is -3.88. The first-order valence-electron chi connectivity index (χ1n) is 11.7. The first-order valence-corrected chi connectivity index (χ1v) is 11.7. The van der Waals surface area contributed by atoms with Crippen LogP contribution in [0.1, 0.15) is 22.5 Å². The van der Waals surface area contributed by atoms with Crippen molar-refractivity contribution in [1.29, 1.82) is 0 Å². The summed E-state index contributed by atoms with van der Waals surface area (Å²) in [6, 6.07) is 16.5. The fraction of sp³-hybridized carbons (Fsp3) is 0.222. The average molecular weight is 671 g/mol. The molecule has 0 amide bonds. The van der Waals surface area contributed by atoms with Gasteiger partial charge in [0.05, 0.1) is 6.54 Å². The molecule has 0 saturated carbocycles. The van der Waals surface area contributed by atoms with E-state index in [2.05, 4.69) is 55.2 Å². The van der Waals surface area contributed by atoms with E-state index < -0.39 is 0 Å². The molecule has 0 spiro atoms. The zero-order chi connectivity index (χ0) is 24.7. The molecule has 9 nitrogen and oxygen atoms in total. The van der Waals surface area contributed by atoms with Crippen molar-refractivity contribution in [2.24, 2.45) is 14.1 Å². The first-order chi connectivity index (χ1) is 17.6. The van der Waals surface area contributed by atoms with Gasteiger partial charge in [-0.1, -0.05) is 11.4 Å². The Kier molecular flexibility index (Phi) is 8.76. The molecule has 0 fully saturated rings. The van der Waals surface area contributed by atoms with Gasteiger partial charge in [0.25, 0.3) is 0 Å². The van der Waals surface area contributed by atoms with E-state index in [1.165, 1.54) is 0 Å². The predicted octanol–water partition coefficient (Wildman–Crippen LogP) is 3.03. The fourth-order valence-corrected chi connectivity index (χ4v) is 3.97. The fourth-order valence-electron chi connectivity index (χ4n) is 3.97. The third-order valence-electron chi connectivity index (χ3n) is 5.74. The Labute approximate surface area is 229 Å². The van der Waals surface area contributed by atoms with E-state index in [4.69, 9.17) is 0 Å². The minimum atomic E-state index is 0. The topological polar surface area (TPSA) is 68.2 Å². The number of nitrogens with zero attached hydrogens (tertiary/aromatic N) is 9. The maximum atomic E-state index is 4.20. The minimum absolute atomic E-state index is 0. The third-order valence-corrected chi connectivity index (χ3v) is 5.74. The Balaban J connectivity index is 0.000000168. The van der Waals surface area contributed by atoms with Crippen molar-refractivity contribution in [2.75, 3.05) is 0 Å². The molecule has 0 aliphatic carbocycles. The molecule has 0 unspecified atom stereocenters. The molecule has 37 heavy (non-hydrogen) atoms. The largest absolute Gasteiger partial charge is 3.00 e. The smallest absolute Gasteiger partial charge is 0.468 e. The summed E-state index contributed by atoms with van der Waals surface area (Å²) in [5.41, 5.74) is 4.53. The molecule has 0 aliphatic rings. The van der Waals surface area contributed by atoms with E-state index in [-0.39, 0.29) is 20.1 Å². The summed E-state index contributed by atoms with van der Waals surface area (Å²) in [6.45, 7) is 3.04. The van der Waals surface area contributed by atoms with Crippen LogP contribution in [0.25, 0.3) is 0 Å². The molecule has 0 N–H and O–H groups in total. The zero-order valence-corrected chi connectivity index (χ0v) is 23.2. The van der Waals surface area contributed by atoms with E-state index in [9.17, 15) is 0 Å². The van der Waals surface area contributed by atoms with Crippen molar-refractivity contribution in [3.8, 4) is 0 Å². The van der Waals surface area contributed by atoms with Crippen molar-refractivity contribution in [3.63, 3.8) is 0 Å². The molecule has 0 radical (unpaired) electrons. The normalized spacial score (nSPS) is 10.6. The molecule has 6 aromatic rings. The molecule has 0 atom stereocenters. The number of aryl methyl sites for hydroxylation is 2. The van der Waals surface area contributed by atoms with Crippen molar-refractivity contribution in [2.45, 2.75) is 26.2 Å². The zero-order valence-electron chi connectivity index (χ0n) is 20.8. The second-order valence-corrected chi connectivity index (χ2v) is 8.55. The van der Waals surface area contributed by atoms with Gasteiger partial charge in [-0.3, -0.25) is 14.0 Å². The van der Waals surface area contributed by atoms with Gasteiger partial charge in [0.1, 0.15) is 0 Å². The number of hydrogen-bond acceptors (Lipinski definition) is 3. The van der Waals surface area contributed by atoms with Crippen molar-refractivity contribution >= 4 is 0 Å². The molecule has 10 heteroatoms. The molecule has 0 aliphatic heterocycles. The number of hydrogen-bond donors (Lipinski definition) is 0. The van der Waals surface area contributed by atoms with Crippen LogP contribution in [0.3, 0.4) is 0 Å². The van der Waals surface area contributed by atoms with E-state index in [0.29, 0.717) is 0 Å². The van der Waals surface area contributed by atoms with E-state index in [1.807, 2.05) is 87.8 Å². The Bertz CT molecular complexity index is 1330. The minimum Gasteiger partial charge on any atom is -0.468 e. The molecule has 0 aromatic carbocycles. The molecular formula is C27H28IrN9. The summed E-state index contributed by atoms with van der Waals surface area (Å²) in [4.78, 5) is 0. The first kappa shape index (κ1) is 26.2. The maximum Gasteiger partial charge on any atom is 3.00 e. The average Bonchev–Trinajstić information content (AvgIpc) is 3.67. The van der Waals surface area contributed by atoms with Gasteiger partial charge in [-0.25, -0.2) is 12.1 Å². The summed E-state index contributed by atoms with van der Waals surface area (Å²) in [5.74, 6) is 0. The van der Waals surface area contributed by atoms with Crippen LogP contribution in [0.4, 0.5) is 0 Å². The molecule has 0 bridgehead atoms. The summed E-state index contributed by atoms with van der Waals surface area (Å²) >= 11 is 0. The SMILES string of the molecule is Cn1cc(Cn2cccn2)[c-]c1Cn1[c-]ccc1.Cn1cc(Cn2cccn2)[c-]c1Cn1cccn1.[Ir+3]. The molecular weight excluding hydrogens is 643 g/mol. The summed E-state index contributed by atoms with van der Waals surface area (Å²) in [5, 5.41) is 12.6. The molecule has 6 aromatic heterocycles. The second-order valence-electron chi connectivity index (χ2n) is 8.55. The predicted molar refractivity (Wildman–Crippen MR) is 135 cm³/mol. The van der Waals surface area contributed by atoms with Crippen LogP contribution in [0, 0.1) is 18.3 Å². The van der Waals surface area contributed by atoms with E-state index >= 15 is 0 Å². The third kappa shape index (κ3) is 7.09. The van der Waals surface area contributed by atoms with Gasteiger partial charge >= 0.3 is 20.1 Å². The second kappa shape index (κ2) is 12.4. The quantitative estimate of drug-likeness (QED) is 0.234. The van der Waals surface area contributed by atoms with Gasteiger partial charge in [0.2, 0.25) is 0 Å². The molecule has 6 heterocycles. The maximum absolute atomic E-state index is 4.20. The number of aromatic nitrogens is 9. The van der Waals surface area contributed by atoms with E-state index in [0.717, 1.165) is 48.7 Å². The van der Waals surface area contributed by atoms with Gasteiger partial charge in [-0.05, 0) is 32.3 Å². The molecule has 6 rings (SSSR count). The standard InChI is InChI=1S/C14H14N4.C13H14N5.Ir/c1-16-10-13(11-18-8-4-5-15-18)9-14(16)12-17-6-2-3-7-17;1-16-9-12(10-17-6-2-4-14-17)8-13(16)11-18-7-3-5-15-18;/h2-6,8,10H,11-12H2,1H3;2-7,9H,10-11H2,1H3;/q-2;-1;+3. The monoisotopic (exact) mass is 671 g/mol. The number of rotatable bonds is 8. The van der Waals surface area contributed by atoms with Gasteiger partial charge in [0, 0.05) is 56.8 Å². The van der Waals surface area contributed by atoms with Gasteiger partial charge < -0.3 is 13.7 Å². The summed E-state index contributed by atoms with van der Waals surface area (Å²) in [6.07, 6.45) is 20.5. The van der Waals surface area contributed by atoms with Crippen molar-refractivity contribution in [3.05, 3.63) is 127 Å². The molecule has 190 valence electrons. The van der Waals surface area contributed by atoms with E-state index in [1.54, 1.807) is 18.6 Å². The summed E-state index contributed by atoms with van der Waals surface area (Å²) in [7, 11) is 4.07. The van der Waals surface area contributed by atoms with Crippen LogP contribution < -0.4 is 0 Å². The van der Waals surface area contributed by atoms with Crippen LogP contribution in [-0.2, 0) is 60.4 Å². The van der Waals surface area contributed by atoms with Crippen LogP contribution in [0.5, 0.6) is 0 Å². The van der Waals surface area contributed by atoms with Crippen LogP contribution >= 0.6 is 0 Å². The van der Waals surface area contributed by atoms with Crippen molar-refractivity contribution < 1.29 is 20.1 Å². The van der Waals surface area contributed by atoms with Crippen LogP contribution in [-0.4, -0.2) is 43.0 Å². The van der Waals surface area contributed by atoms with Gasteiger partial charge in [-0.2, -0.15) is 38.6 Å². The Morgan fingerprint density at radius 1 is 0.622 bits per heavy atom. The Morgan fingerprint density at radius 2 is 1.11 bits per heavy atom. The van der Waals surface area contributed by atoms with Crippen LogP contribution in [0.15, 0.2) is 86.1 Å². The molecule has 0 saturated heterocycles. The van der Waals surface area contributed by atoms with Crippen molar-refractivity contribution in [1.82, 2.24) is 43.0 Å². The van der Waals surface area contributed by atoms with Gasteiger partial charge in [0.15, 0.2) is 0 Å².